The van der Waals surface area contributed by atoms with Gasteiger partial charge in [-0.15, -0.1) is 0 Å². The molecule has 2 atom stereocenters. The fraction of sp³-hybridized carbons (Fsp3) is 0.625. The minimum Gasteiger partial charge on any atom is -0.495 e. The maximum absolute atomic E-state index is 5.41. The highest BCUT2D eigenvalue weighted by Gasteiger charge is 2.15. The average molecular weight is 341 g/mol. The minimum atomic E-state index is 0.425. The molecular formula is C16H25BrN2O. The molecule has 0 saturated carbocycles. The zero-order chi connectivity index (χ0) is 14.4. The molecule has 1 aliphatic rings. The third-order valence-corrected chi connectivity index (χ3v) is 4.36. The Kier molecular flexibility index (Phi) is 6.17. The van der Waals surface area contributed by atoms with Gasteiger partial charge in [0.05, 0.1) is 12.8 Å². The highest BCUT2D eigenvalue weighted by Crippen LogP contribution is 2.29. The van der Waals surface area contributed by atoms with Gasteiger partial charge in [-0.2, -0.15) is 0 Å². The number of nitrogens with one attached hydrogen (secondary N) is 2. The molecule has 3 nitrogen and oxygen atoms in total. The number of hydrogen-bond acceptors (Lipinski definition) is 3. The second-order valence-corrected chi connectivity index (χ2v) is 6.54. The van der Waals surface area contributed by atoms with E-state index in [1.807, 2.05) is 12.1 Å². The monoisotopic (exact) mass is 340 g/mol. The zero-order valence-electron chi connectivity index (χ0n) is 12.4. The molecule has 1 aliphatic heterocycles. The molecule has 0 amide bonds. The fourth-order valence-corrected chi connectivity index (χ4v) is 3.21. The summed E-state index contributed by atoms with van der Waals surface area (Å²) in [6.07, 6.45) is 6.48. The molecule has 2 unspecified atom stereocenters. The van der Waals surface area contributed by atoms with Crippen molar-refractivity contribution >= 4 is 21.6 Å². The third-order valence-electron chi connectivity index (χ3n) is 3.86. The van der Waals surface area contributed by atoms with Gasteiger partial charge < -0.3 is 15.4 Å². The van der Waals surface area contributed by atoms with Gasteiger partial charge in [-0.1, -0.05) is 28.8 Å². The lowest BCUT2D eigenvalue weighted by Crippen LogP contribution is -2.33. The SMILES string of the molecule is COc1ccc(Br)cc1NC(C)CC1CCCCCN1. The molecule has 0 spiro atoms. The zero-order valence-corrected chi connectivity index (χ0v) is 14.0. The van der Waals surface area contributed by atoms with E-state index in [4.69, 9.17) is 4.74 Å². The van der Waals surface area contributed by atoms with Crippen LogP contribution < -0.4 is 15.4 Å². The van der Waals surface area contributed by atoms with E-state index in [2.05, 4.69) is 39.6 Å². The van der Waals surface area contributed by atoms with E-state index in [0.29, 0.717) is 12.1 Å². The second kappa shape index (κ2) is 7.89. The van der Waals surface area contributed by atoms with E-state index < -0.39 is 0 Å². The minimum absolute atomic E-state index is 0.425. The van der Waals surface area contributed by atoms with Gasteiger partial charge in [0.15, 0.2) is 0 Å². The number of benzene rings is 1. The van der Waals surface area contributed by atoms with E-state index in [9.17, 15) is 0 Å². The Morgan fingerprint density at radius 3 is 3.05 bits per heavy atom. The van der Waals surface area contributed by atoms with Crippen LogP contribution in [0.3, 0.4) is 0 Å². The van der Waals surface area contributed by atoms with Gasteiger partial charge in [0, 0.05) is 16.6 Å². The van der Waals surface area contributed by atoms with Crippen molar-refractivity contribution in [2.45, 2.75) is 51.1 Å². The lowest BCUT2D eigenvalue weighted by Gasteiger charge is -2.23. The third kappa shape index (κ3) is 4.67. The Morgan fingerprint density at radius 1 is 1.40 bits per heavy atom. The Morgan fingerprint density at radius 2 is 2.25 bits per heavy atom. The Labute approximate surface area is 130 Å². The predicted molar refractivity (Wildman–Crippen MR) is 88.7 cm³/mol. The number of ether oxygens (including phenoxy) is 1. The molecule has 0 aliphatic carbocycles. The van der Waals surface area contributed by atoms with Crippen LogP contribution in [0.1, 0.15) is 39.0 Å². The van der Waals surface area contributed by atoms with Gasteiger partial charge in [-0.25, -0.2) is 0 Å². The molecule has 4 heteroatoms. The van der Waals surface area contributed by atoms with Crippen molar-refractivity contribution in [1.82, 2.24) is 5.32 Å². The average Bonchev–Trinajstić information content (AvgIpc) is 2.67. The Hall–Kier alpha value is -0.740. The molecule has 20 heavy (non-hydrogen) atoms. The molecule has 2 N–H and O–H groups in total. The Balaban J connectivity index is 1.93. The van der Waals surface area contributed by atoms with Crippen molar-refractivity contribution in [2.24, 2.45) is 0 Å². The first-order chi connectivity index (χ1) is 9.69. The first kappa shape index (κ1) is 15.6. The van der Waals surface area contributed by atoms with Crippen molar-refractivity contribution in [1.29, 1.82) is 0 Å². The normalized spacial score (nSPS) is 21.1. The summed E-state index contributed by atoms with van der Waals surface area (Å²) < 4.78 is 6.48. The summed E-state index contributed by atoms with van der Waals surface area (Å²) in [5.74, 6) is 0.897. The second-order valence-electron chi connectivity index (χ2n) is 5.63. The maximum atomic E-state index is 5.41. The van der Waals surface area contributed by atoms with Crippen molar-refractivity contribution in [3.05, 3.63) is 22.7 Å². The van der Waals surface area contributed by atoms with E-state index in [-0.39, 0.29) is 0 Å². The molecule has 112 valence electrons. The molecule has 1 aromatic rings. The first-order valence-corrected chi connectivity index (χ1v) is 8.32. The van der Waals surface area contributed by atoms with Crippen LogP contribution in [-0.4, -0.2) is 25.7 Å². The molecule has 1 saturated heterocycles. The van der Waals surface area contributed by atoms with Crippen LogP contribution in [-0.2, 0) is 0 Å². The highest BCUT2D eigenvalue weighted by molar-refractivity contribution is 9.10. The van der Waals surface area contributed by atoms with Gasteiger partial charge in [-0.3, -0.25) is 0 Å². The fourth-order valence-electron chi connectivity index (χ4n) is 2.85. The Bertz CT molecular complexity index is 417. The lowest BCUT2D eigenvalue weighted by molar-refractivity contribution is 0.414. The molecule has 0 radical (unpaired) electrons. The van der Waals surface area contributed by atoms with Gasteiger partial charge in [0.25, 0.3) is 0 Å². The van der Waals surface area contributed by atoms with Crippen LogP contribution in [0.25, 0.3) is 0 Å². The van der Waals surface area contributed by atoms with Crippen molar-refractivity contribution in [3.63, 3.8) is 0 Å². The maximum Gasteiger partial charge on any atom is 0.142 e. The molecule has 0 aromatic heterocycles. The largest absolute Gasteiger partial charge is 0.495 e. The van der Waals surface area contributed by atoms with Crippen LogP contribution in [0.15, 0.2) is 22.7 Å². The molecule has 0 bridgehead atoms. The van der Waals surface area contributed by atoms with Gasteiger partial charge in [-0.05, 0) is 50.9 Å². The quantitative estimate of drug-likeness (QED) is 0.843. The molecule has 1 fully saturated rings. The number of methoxy groups -OCH3 is 1. The molecule has 2 rings (SSSR count). The summed E-state index contributed by atoms with van der Waals surface area (Å²) in [5.41, 5.74) is 1.06. The highest BCUT2D eigenvalue weighted by atomic mass is 79.9. The number of hydrogen-bond donors (Lipinski definition) is 2. The topological polar surface area (TPSA) is 33.3 Å². The first-order valence-electron chi connectivity index (χ1n) is 7.52. The van der Waals surface area contributed by atoms with Gasteiger partial charge >= 0.3 is 0 Å². The van der Waals surface area contributed by atoms with Crippen molar-refractivity contribution in [2.75, 3.05) is 19.0 Å². The van der Waals surface area contributed by atoms with Crippen LogP contribution in [0.5, 0.6) is 5.75 Å². The lowest BCUT2D eigenvalue weighted by atomic mass is 10.0. The number of anilines is 1. The van der Waals surface area contributed by atoms with E-state index in [1.165, 1.54) is 25.7 Å². The van der Waals surface area contributed by atoms with Crippen LogP contribution >= 0.6 is 15.9 Å². The summed E-state index contributed by atoms with van der Waals surface area (Å²) in [7, 11) is 1.71. The van der Waals surface area contributed by atoms with Crippen LogP contribution in [0, 0.1) is 0 Å². The van der Waals surface area contributed by atoms with E-state index in [0.717, 1.165) is 28.9 Å². The molecule has 1 aromatic carbocycles. The van der Waals surface area contributed by atoms with Gasteiger partial charge in [0.2, 0.25) is 0 Å². The smallest absolute Gasteiger partial charge is 0.142 e. The number of rotatable bonds is 5. The van der Waals surface area contributed by atoms with Crippen LogP contribution in [0.2, 0.25) is 0 Å². The number of halogens is 1. The summed E-state index contributed by atoms with van der Waals surface area (Å²) in [4.78, 5) is 0. The molecular weight excluding hydrogens is 316 g/mol. The summed E-state index contributed by atoms with van der Waals surface area (Å²) in [6, 6.07) is 7.13. The van der Waals surface area contributed by atoms with Crippen LogP contribution in [0.4, 0.5) is 5.69 Å². The predicted octanol–water partition coefficient (Wildman–Crippen LogP) is 4.18. The molecule has 1 heterocycles. The van der Waals surface area contributed by atoms with Gasteiger partial charge in [0.1, 0.15) is 5.75 Å². The summed E-state index contributed by atoms with van der Waals surface area (Å²) >= 11 is 3.52. The van der Waals surface area contributed by atoms with E-state index >= 15 is 0 Å². The van der Waals surface area contributed by atoms with Crippen molar-refractivity contribution in [3.8, 4) is 5.75 Å². The van der Waals surface area contributed by atoms with E-state index in [1.54, 1.807) is 7.11 Å². The summed E-state index contributed by atoms with van der Waals surface area (Å²) in [5, 5.41) is 7.23. The summed E-state index contributed by atoms with van der Waals surface area (Å²) in [6.45, 7) is 3.41. The van der Waals surface area contributed by atoms with Crippen molar-refractivity contribution < 1.29 is 4.74 Å². The standard InChI is InChI=1S/C16H25BrN2O/c1-12(10-14-6-4-3-5-9-18-14)19-15-11-13(17)7-8-16(15)20-2/h7-8,11-12,14,18-19H,3-6,9-10H2,1-2H3.